The van der Waals surface area contributed by atoms with Gasteiger partial charge in [0.25, 0.3) is 0 Å². The van der Waals surface area contributed by atoms with Crippen LogP contribution >= 0.6 is 0 Å². The zero-order chi connectivity index (χ0) is 34.6. The highest BCUT2D eigenvalue weighted by Gasteiger charge is 2.57. The predicted octanol–water partition coefficient (Wildman–Crippen LogP) is 9.43. The van der Waals surface area contributed by atoms with E-state index in [1.165, 1.54) is 0 Å². The van der Waals surface area contributed by atoms with Crippen LogP contribution in [0.5, 0.6) is 11.5 Å². The van der Waals surface area contributed by atoms with Gasteiger partial charge < -0.3 is 14.6 Å². The number of amides is 1. The van der Waals surface area contributed by atoms with Crippen molar-refractivity contribution in [2.24, 2.45) is 0 Å². The van der Waals surface area contributed by atoms with Crippen molar-refractivity contribution in [1.29, 1.82) is 0 Å². The second-order valence-electron chi connectivity index (χ2n) is 13.5. The van der Waals surface area contributed by atoms with E-state index in [1.807, 2.05) is 144 Å². The van der Waals surface area contributed by atoms with Crippen LogP contribution in [0.2, 0.25) is 0 Å². The standard InChI is InChI=1S/C45H41NO4/c1-44(2,48)32-45(39-28-27-37(49-30-33-17-7-3-8-18-33)29-41(39)50-31-34-19-9-4-10-20-34)38-25-15-16-26-40(38)46(43(45)47)42(35-21-11-5-12-22-35)36-23-13-6-14-24-36/h3-29,42,48H,30-32H2,1-2H3. The van der Waals surface area contributed by atoms with Gasteiger partial charge >= 0.3 is 0 Å². The maximum atomic E-state index is 15.7. The Balaban J connectivity index is 1.40. The van der Waals surface area contributed by atoms with Crippen molar-refractivity contribution in [2.45, 2.75) is 50.5 Å². The summed E-state index contributed by atoms with van der Waals surface area (Å²) in [6, 6.07) is 53.6. The van der Waals surface area contributed by atoms with E-state index >= 15 is 4.79 Å². The van der Waals surface area contributed by atoms with Gasteiger partial charge in [-0.25, -0.2) is 0 Å². The van der Waals surface area contributed by atoms with Gasteiger partial charge in [-0.05, 0) is 60.2 Å². The number of fused-ring (bicyclic) bond motifs is 1. The molecule has 1 amide bonds. The van der Waals surface area contributed by atoms with Crippen LogP contribution in [0.3, 0.4) is 0 Å². The summed E-state index contributed by atoms with van der Waals surface area (Å²) in [5, 5.41) is 11.6. The Morgan fingerprint density at radius 2 is 1.12 bits per heavy atom. The SMILES string of the molecule is CC(C)(O)CC1(c2ccc(OCc3ccccc3)cc2OCc2ccccc2)C(=O)N(C(c2ccccc2)c2ccccc2)c2ccccc21. The summed E-state index contributed by atoms with van der Waals surface area (Å²) < 4.78 is 12.9. The Labute approximate surface area is 294 Å². The molecule has 6 aromatic carbocycles. The van der Waals surface area contributed by atoms with Crippen LogP contribution in [0.15, 0.2) is 164 Å². The molecule has 0 aromatic heterocycles. The third-order valence-electron chi connectivity index (χ3n) is 9.29. The van der Waals surface area contributed by atoms with Gasteiger partial charge in [-0.15, -0.1) is 0 Å². The molecule has 6 aromatic rings. The molecule has 0 saturated carbocycles. The zero-order valence-electron chi connectivity index (χ0n) is 28.4. The fourth-order valence-electron chi connectivity index (χ4n) is 7.21. The van der Waals surface area contributed by atoms with Crippen LogP contribution in [0.1, 0.15) is 59.7 Å². The Kier molecular flexibility index (Phi) is 9.25. The molecule has 0 radical (unpaired) electrons. The molecule has 50 heavy (non-hydrogen) atoms. The van der Waals surface area contributed by atoms with E-state index in [0.717, 1.165) is 33.5 Å². The van der Waals surface area contributed by atoms with Crippen LogP contribution < -0.4 is 14.4 Å². The molecule has 1 atom stereocenters. The van der Waals surface area contributed by atoms with E-state index in [9.17, 15) is 5.11 Å². The average molecular weight is 660 g/mol. The smallest absolute Gasteiger partial charge is 0.243 e. The first-order chi connectivity index (χ1) is 24.3. The maximum Gasteiger partial charge on any atom is 0.243 e. The number of carbonyl (C=O) groups excluding carboxylic acids is 1. The summed E-state index contributed by atoms with van der Waals surface area (Å²) in [6.07, 6.45) is 0.133. The predicted molar refractivity (Wildman–Crippen MR) is 198 cm³/mol. The number of benzene rings is 6. The highest BCUT2D eigenvalue weighted by Crippen LogP contribution is 2.55. The van der Waals surface area contributed by atoms with Crippen molar-refractivity contribution in [1.82, 2.24) is 0 Å². The lowest BCUT2D eigenvalue weighted by atomic mass is 9.68. The lowest BCUT2D eigenvalue weighted by molar-refractivity contribution is -0.124. The topological polar surface area (TPSA) is 59.0 Å². The highest BCUT2D eigenvalue weighted by molar-refractivity contribution is 6.11. The van der Waals surface area contributed by atoms with Crippen molar-refractivity contribution in [2.75, 3.05) is 4.90 Å². The fourth-order valence-corrected chi connectivity index (χ4v) is 7.21. The third-order valence-corrected chi connectivity index (χ3v) is 9.29. The summed E-state index contributed by atoms with van der Waals surface area (Å²) in [6.45, 7) is 4.21. The molecule has 0 aliphatic carbocycles. The number of carbonyl (C=O) groups is 1. The van der Waals surface area contributed by atoms with Gasteiger partial charge in [0.2, 0.25) is 5.91 Å². The molecule has 0 bridgehead atoms. The van der Waals surface area contributed by atoms with Crippen molar-refractivity contribution in [3.8, 4) is 11.5 Å². The Bertz CT molecular complexity index is 2000. The molecule has 1 heterocycles. The average Bonchev–Trinajstić information content (AvgIpc) is 3.38. The number of anilines is 1. The second-order valence-corrected chi connectivity index (χ2v) is 13.5. The number of hydrogen-bond donors (Lipinski definition) is 1. The van der Waals surface area contributed by atoms with Gasteiger partial charge in [-0.2, -0.15) is 0 Å². The lowest BCUT2D eigenvalue weighted by Crippen LogP contribution is -2.47. The van der Waals surface area contributed by atoms with Crippen molar-refractivity contribution < 1.29 is 19.4 Å². The van der Waals surface area contributed by atoms with Gasteiger partial charge in [0, 0.05) is 17.3 Å². The number of hydrogen-bond acceptors (Lipinski definition) is 4. The van der Waals surface area contributed by atoms with Crippen LogP contribution in [0, 0.1) is 0 Å². The van der Waals surface area contributed by atoms with E-state index in [-0.39, 0.29) is 12.3 Å². The summed E-state index contributed by atoms with van der Waals surface area (Å²) in [7, 11) is 0. The summed E-state index contributed by atoms with van der Waals surface area (Å²) >= 11 is 0. The minimum absolute atomic E-state index is 0.124. The molecule has 1 aliphatic rings. The Hall–Kier alpha value is -5.65. The lowest BCUT2D eigenvalue weighted by Gasteiger charge is -2.37. The molecular formula is C45H41NO4. The number of aliphatic hydroxyl groups is 1. The van der Waals surface area contributed by atoms with E-state index in [2.05, 4.69) is 24.3 Å². The van der Waals surface area contributed by atoms with Gasteiger partial charge in [0.15, 0.2) is 0 Å². The zero-order valence-corrected chi connectivity index (χ0v) is 28.4. The Morgan fingerprint density at radius 1 is 0.620 bits per heavy atom. The van der Waals surface area contributed by atoms with Crippen molar-refractivity contribution in [3.05, 3.63) is 197 Å². The van der Waals surface area contributed by atoms with Gasteiger partial charge in [-0.3, -0.25) is 9.69 Å². The fraction of sp³-hybridized carbons (Fsp3) is 0.178. The van der Waals surface area contributed by atoms with Gasteiger partial charge in [0.1, 0.15) is 30.1 Å². The molecule has 0 spiro atoms. The minimum Gasteiger partial charge on any atom is -0.489 e. The normalized spacial score (nSPS) is 15.6. The third kappa shape index (κ3) is 6.65. The largest absolute Gasteiger partial charge is 0.489 e. The monoisotopic (exact) mass is 659 g/mol. The first-order valence-corrected chi connectivity index (χ1v) is 17.1. The molecule has 1 aliphatic heterocycles. The van der Waals surface area contributed by atoms with E-state index in [1.54, 1.807) is 13.8 Å². The number of rotatable bonds is 12. The van der Waals surface area contributed by atoms with E-state index in [4.69, 9.17) is 9.47 Å². The molecule has 250 valence electrons. The van der Waals surface area contributed by atoms with E-state index < -0.39 is 17.1 Å². The number of para-hydroxylation sites is 1. The molecule has 0 fully saturated rings. The summed E-state index contributed by atoms with van der Waals surface area (Å²) in [5.41, 5.74) is 3.85. The summed E-state index contributed by atoms with van der Waals surface area (Å²) in [4.78, 5) is 17.6. The van der Waals surface area contributed by atoms with Crippen LogP contribution in [0.25, 0.3) is 0 Å². The first kappa shape index (κ1) is 32.9. The maximum absolute atomic E-state index is 15.7. The second kappa shape index (κ2) is 14.1. The molecule has 1 unspecified atom stereocenters. The molecule has 0 saturated heterocycles. The summed E-state index contributed by atoms with van der Waals surface area (Å²) in [5.74, 6) is 1.03. The highest BCUT2D eigenvalue weighted by atomic mass is 16.5. The Morgan fingerprint density at radius 3 is 1.68 bits per heavy atom. The quantitative estimate of drug-likeness (QED) is 0.142. The first-order valence-electron chi connectivity index (χ1n) is 17.1. The van der Waals surface area contributed by atoms with E-state index in [0.29, 0.717) is 30.3 Å². The molecule has 5 heteroatoms. The van der Waals surface area contributed by atoms with Crippen LogP contribution in [0.4, 0.5) is 5.69 Å². The van der Waals surface area contributed by atoms with Crippen LogP contribution in [-0.4, -0.2) is 16.6 Å². The molecule has 1 N–H and O–H groups in total. The number of nitrogens with zero attached hydrogens (tertiary/aromatic N) is 1. The molecule has 5 nitrogen and oxygen atoms in total. The van der Waals surface area contributed by atoms with Crippen LogP contribution in [-0.2, 0) is 23.4 Å². The molecule has 7 rings (SSSR count). The number of ether oxygens (including phenoxy) is 2. The minimum atomic E-state index is -1.28. The van der Waals surface area contributed by atoms with Crippen molar-refractivity contribution >= 4 is 11.6 Å². The molecular weight excluding hydrogens is 618 g/mol. The van der Waals surface area contributed by atoms with Crippen molar-refractivity contribution in [3.63, 3.8) is 0 Å². The van der Waals surface area contributed by atoms with Gasteiger partial charge in [-0.1, -0.05) is 146 Å². The van der Waals surface area contributed by atoms with Gasteiger partial charge in [0.05, 0.1) is 11.6 Å².